The number of benzene rings is 2. The average molecular weight is 292 g/mol. The van der Waals surface area contributed by atoms with Crippen molar-refractivity contribution in [2.24, 2.45) is 5.92 Å². The molecule has 1 nitrogen and oxygen atoms in total. The molecule has 0 fully saturated rings. The van der Waals surface area contributed by atoms with Crippen LogP contribution >= 0.6 is 0 Å². The van der Waals surface area contributed by atoms with Gasteiger partial charge in [-0.05, 0) is 68.4 Å². The Morgan fingerprint density at radius 1 is 0.773 bits per heavy atom. The van der Waals surface area contributed by atoms with Crippen LogP contribution < -0.4 is 4.74 Å². The standard InChI is InChI=1S/C21H24O/c1-15-13-17(3)21(14-16(15)2)18-9-11-20(12-10-18)22-19-7-5-4-6-8-19/h4-12,17,21H,13-14H2,1-3H3/t17-,21-/m1/s1. The summed E-state index contributed by atoms with van der Waals surface area (Å²) in [6.07, 6.45) is 2.41. The maximum absolute atomic E-state index is 5.88. The minimum absolute atomic E-state index is 0.634. The van der Waals surface area contributed by atoms with Crippen LogP contribution in [0.1, 0.15) is 45.1 Å². The Morgan fingerprint density at radius 3 is 2.05 bits per heavy atom. The topological polar surface area (TPSA) is 9.23 Å². The minimum Gasteiger partial charge on any atom is -0.457 e. The molecule has 0 spiro atoms. The van der Waals surface area contributed by atoms with E-state index in [2.05, 4.69) is 45.0 Å². The number of para-hydroxylation sites is 1. The largest absolute Gasteiger partial charge is 0.457 e. The number of ether oxygens (including phenoxy) is 1. The molecular formula is C21H24O. The Morgan fingerprint density at radius 2 is 1.36 bits per heavy atom. The molecule has 2 aromatic rings. The van der Waals surface area contributed by atoms with Crippen LogP contribution in [0.5, 0.6) is 11.5 Å². The van der Waals surface area contributed by atoms with Crippen LogP contribution in [-0.2, 0) is 0 Å². The van der Waals surface area contributed by atoms with E-state index in [1.165, 1.54) is 18.4 Å². The normalized spacial score (nSPS) is 21.8. The second kappa shape index (κ2) is 6.39. The number of allylic oxidation sites excluding steroid dienone is 2. The molecule has 2 atom stereocenters. The van der Waals surface area contributed by atoms with Gasteiger partial charge in [0.1, 0.15) is 11.5 Å². The van der Waals surface area contributed by atoms with Crippen molar-refractivity contribution in [2.75, 3.05) is 0 Å². The Balaban J connectivity index is 1.74. The van der Waals surface area contributed by atoms with Crippen molar-refractivity contribution < 1.29 is 4.74 Å². The zero-order valence-electron chi connectivity index (χ0n) is 13.7. The maximum Gasteiger partial charge on any atom is 0.127 e. The molecule has 1 aliphatic rings. The summed E-state index contributed by atoms with van der Waals surface area (Å²) in [7, 11) is 0. The van der Waals surface area contributed by atoms with Crippen molar-refractivity contribution in [3.63, 3.8) is 0 Å². The van der Waals surface area contributed by atoms with Crippen molar-refractivity contribution in [1.29, 1.82) is 0 Å². The first-order valence-electron chi connectivity index (χ1n) is 8.11. The molecule has 114 valence electrons. The molecule has 0 heterocycles. The second-order valence-corrected chi connectivity index (χ2v) is 6.54. The third kappa shape index (κ3) is 3.24. The molecule has 0 aliphatic heterocycles. The summed E-state index contributed by atoms with van der Waals surface area (Å²) in [6, 6.07) is 18.6. The van der Waals surface area contributed by atoms with Crippen molar-refractivity contribution in [1.82, 2.24) is 0 Å². The summed E-state index contributed by atoms with van der Waals surface area (Å²) >= 11 is 0. The van der Waals surface area contributed by atoms with Gasteiger partial charge in [0.15, 0.2) is 0 Å². The Kier molecular flexibility index (Phi) is 4.33. The van der Waals surface area contributed by atoms with E-state index in [4.69, 9.17) is 4.74 Å². The van der Waals surface area contributed by atoms with E-state index in [0.29, 0.717) is 11.8 Å². The van der Waals surface area contributed by atoms with E-state index in [0.717, 1.165) is 11.5 Å². The van der Waals surface area contributed by atoms with Gasteiger partial charge < -0.3 is 4.74 Å². The number of rotatable bonds is 3. The maximum atomic E-state index is 5.88. The van der Waals surface area contributed by atoms with E-state index < -0.39 is 0 Å². The Bertz CT molecular complexity index is 652. The SMILES string of the molecule is CC1=C(C)C[C@@H](c2ccc(Oc3ccccc3)cc2)[C@H](C)C1. The van der Waals surface area contributed by atoms with Crippen LogP contribution in [0.4, 0.5) is 0 Å². The summed E-state index contributed by atoms with van der Waals surface area (Å²) in [5.41, 5.74) is 4.57. The highest BCUT2D eigenvalue weighted by molar-refractivity contribution is 5.35. The van der Waals surface area contributed by atoms with Crippen LogP contribution in [0.3, 0.4) is 0 Å². The number of hydrogen-bond acceptors (Lipinski definition) is 1. The van der Waals surface area contributed by atoms with E-state index in [9.17, 15) is 0 Å². The van der Waals surface area contributed by atoms with Gasteiger partial charge in [0.05, 0.1) is 0 Å². The molecule has 0 saturated heterocycles. The molecule has 1 aliphatic carbocycles. The van der Waals surface area contributed by atoms with Crippen LogP contribution in [0.25, 0.3) is 0 Å². The third-order valence-electron chi connectivity index (χ3n) is 4.86. The smallest absolute Gasteiger partial charge is 0.127 e. The molecule has 0 radical (unpaired) electrons. The molecule has 0 saturated carbocycles. The van der Waals surface area contributed by atoms with Crippen LogP contribution in [-0.4, -0.2) is 0 Å². The van der Waals surface area contributed by atoms with Crippen molar-refractivity contribution in [3.05, 3.63) is 71.3 Å². The van der Waals surface area contributed by atoms with Gasteiger partial charge in [0.2, 0.25) is 0 Å². The zero-order valence-corrected chi connectivity index (χ0v) is 13.7. The first kappa shape index (κ1) is 14.9. The van der Waals surface area contributed by atoms with Gasteiger partial charge in [-0.1, -0.05) is 48.4 Å². The molecule has 3 rings (SSSR count). The van der Waals surface area contributed by atoms with Gasteiger partial charge >= 0.3 is 0 Å². The predicted molar refractivity (Wildman–Crippen MR) is 92.5 cm³/mol. The lowest BCUT2D eigenvalue weighted by atomic mass is 9.74. The molecule has 0 unspecified atom stereocenters. The quantitative estimate of drug-likeness (QED) is 0.601. The summed E-state index contributed by atoms with van der Waals surface area (Å²) < 4.78 is 5.88. The van der Waals surface area contributed by atoms with E-state index in [1.807, 2.05) is 30.3 Å². The Hall–Kier alpha value is -2.02. The van der Waals surface area contributed by atoms with Gasteiger partial charge in [0, 0.05) is 0 Å². The highest BCUT2D eigenvalue weighted by Gasteiger charge is 2.25. The zero-order chi connectivity index (χ0) is 15.5. The van der Waals surface area contributed by atoms with Crippen molar-refractivity contribution >= 4 is 0 Å². The average Bonchev–Trinajstić information content (AvgIpc) is 2.53. The first-order valence-corrected chi connectivity index (χ1v) is 8.11. The fourth-order valence-electron chi connectivity index (χ4n) is 3.36. The lowest BCUT2D eigenvalue weighted by molar-refractivity contribution is 0.423. The van der Waals surface area contributed by atoms with Gasteiger partial charge in [-0.2, -0.15) is 0 Å². The van der Waals surface area contributed by atoms with E-state index >= 15 is 0 Å². The third-order valence-corrected chi connectivity index (χ3v) is 4.86. The molecular weight excluding hydrogens is 268 g/mol. The number of hydrogen-bond donors (Lipinski definition) is 0. The first-order chi connectivity index (χ1) is 10.6. The molecule has 0 bridgehead atoms. The van der Waals surface area contributed by atoms with Crippen molar-refractivity contribution in [3.8, 4) is 11.5 Å². The molecule has 2 aromatic carbocycles. The van der Waals surface area contributed by atoms with E-state index in [1.54, 1.807) is 11.1 Å². The van der Waals surface area contributed by atoms with Crippen molar-refractivity contribution in [2.45, 2.75) is 39.5 Å². The van der Waals surface area contributed by atoms with E-state index in [-0.39, 0.29) is 0 Å². The van der Waals surface area contributed by atoms with Gasteiger partial charge in [-0.25, -0.2) is 0 Å². The summed E-state index contributed by atoms with van der Waals surface area (Å²) in [5.74, 6) is 3.14. The summed E-state index contributed by atoms with van der Waals surface area (Å²) in [5, 5.41) is 0. The lowest BCUT2D eigenvalue weighted by Crippen LogP contribution is -2.16. The fourth-order valence-corrected chi connectivity index (χ4v) is 3.36. The van der Waals surface area contributed by atoms with Gasteiger partial charge in [0.25, 0.3) is 0 Å². The van der Waals surface area contributed by atoms with Crippen LogP contribution in [0.15, 0.2) is 65.7 Å². The second-order valence-electron chi connectivity index (χ2n) is 6.54. The molecule has 1 heteroatoms. The summed E-state index contributed by atoms with van der Waals surface area (Å²) in [4.78, 5) is 0. The highest BCUT2D eigenvalue weighted by Crippen LogP contribution is 2.40. The minimum atomic E-state index is 0.634. The molecule has 0 amide bonds. The fraction of sp³-hybridized carbons (Fsp3) is 0.333. The lowest BCUT2D eigenvalue weighted by Gasteiger charge is -2.31. The Labute approximate surface area is 133 Å². The molecule has 0 N–H and O–H groups in total. The molecule has 22 heavy (non-hydrogen) atoms. The van der Waals surface area contributed by atoms with Crippen LogP contribution in [0.2, 0.25) is 0 Å². The van der Waals surface area contributed by atoms with Gasteiger partial charge in [-0.3, -0.25) is 0 Å². The van der Waals surface area contributed by atoms with Crippen LogP contribution in [0, 0.1) is 5.92 Å². The van der Waals surface area contributed by atoms with Gasteiger partial charge in [-0.15, -0.1) is 0 Å². The molecule has 0 aromatic heterocycles. The monoisotopic (exact) mass is 292 g/mol. The predicted octanol–water partition coefficient (Wildman–Crippen LogP) is 6.33. The summed E-state index contributed by atoms with van der Waals surface area (Å²) in [6.45, 7) is 6.93. The highest BCUT2D eigenvalue weighted by atomic mass is 16.5.